The number of carbonyl (C=O) groups is 1. The fourth-order valence-electron chi connectivity index (χ4n) is 2.42. The minimum Gasteiger partial charge on any atom is -0.357 e. The van der Waals surface area contributed by atoms with Crippen LogP contribution in [0.4, 0.5) is 5.82 Å². The maximum Gasteiger partial charge on any atom is 0.263 e. The Balaban J connectivity index is 1.59. The van der Waals surface area contributed by atoms with Crippen LogP contribution in [0.5, 0.6) is 0 Å². The zero-order valence-corrected chi connectivity index (χ0v) is 15.9. The first-order valence-corrected chi connectivity index (χ1v) is 9.88. The number of hydrogen-bond acceptors (Lipinski definition) is 6. The summed E-state index contributed by atoms with van der Waals surface area (Å²) in [7, 11) is 0. The molecule has 0 aromatic carbocycles. The zero-order valence-electron chi connectivity index (χ0n) is 14.2. The number of thiazole rings is 1. The van der Waals surface area contributed by atoms with E-state index >= 15 is 0 Å². The largest absolute Gasteiger partial charge is 0.357 e. The number of aromatic nitrogens is 2. The normalized spacial score (nSPS) is 10.6. The van der Waals surface area contributed by atoms with Crippen molar-refractivity contribution in [2.45, 2.75) is 20.4 Å². The Morgan fingerprint density at radius 2 is 2.00 bits per heavy atom. The molecule has 25 heavy (non-hydrogen) atoms. The predicted molar refractivity (Wildman–Crippen MR) is 104 cm³/mol. The molecule has 0 aliphatic rings. The maximum atomic E-state index is 12.3. The van der Waals surface area contributed by atoms with Crippen LogP contribution in [0.1, 0.15) is 29.1 Å². The molecule has 0 atom stereocenters. The van der Waals surface area contributed by atoms with Gasteiger partial charge in [0.1, 0.15) is 15.7 Å². The van der Waals surface area contributed by atoms with Gasteiger partial charge in [0.15, 0.2) is 0 Å². The van der Waals surface area contributed by atoms with Gasteiger partial charge in [0.25, 0.3) is 5.91 Å². The summed E-state index contributed by atoms with van der Waals surface area (Å²) >= 11 is 3.03. The molecule has 3 aromatic rings. The third-order valence-corrected chi connectivity index (χ3v) is 5.85. The van der Waals surface area contributed by atoms with Crippen molar-refractivity contribution < 1.29 is 4.79 Å². The molecule has 3 aromatic heterocycles. The first-order chi connectivity index (χ1) is 12.2. The molecule has 130 valence electrons. The second kappa shape index (κ2) is 8.22. The van der Waals surface area contributed by atoms with Crippen LogP contribution in [0.3, 0.4) is 0 Å². The van der Waals surface area contributed by atoms with E-state index in [1.165, 1.54) is 11.3 Å². The van der Waals surface area contributed by atoms with E-state index in [9.17, 15) is 4.79 Å². The molecule has 0 bridgehead atoms. The summed E-state index contributed by atoms with van der Waals surface area (Å²) in [6, 6.07) is 7.99. The summed E-state index contributed by atoms with van der Waals surface area (Å²) in [6.07, 6.45) is 3.45. The van der Waals surface area contributed by atoms with Gasteiger partial charge < -0.3 is 10.2 Å². The summed E-state index contributed by atoms with van der Waals surface area (Å²) in [5.41, 5.74) is 0.979. The number of anilines is 1. The standard InChI is InChI=1S/C18H20N4OS2/c1-3-22(4-2)16-8-7-13(10-19-16)11-20-17(23)15-12-21-18(25-15)14-6-5-9-24-14/h5-10,12H,3-4,11H2,1-2H3,(H,20,23). The van der Waals surface area contributed by atoms with E-state index in [0.717, 1.165) is 34.4 Å². The van der Waals surface area contributed by atoms with Gasteiger partial charge in [0.05, 0.1) is 11.1 Å². The van der Waals surface area contributed by atoms with Crippen molar-refractivity contribution >= 4 is 34.4 Å². The summed E-state index contributed by atoms with van der Waals surface area (Å²) in [5.74, 6) is 0.858. The first kappa shape index (κ1) is 17.6. The van der Waals surface area contributed by atoms with Gasteiger partial charge in [0.2, 0.25) is 0 Å². The van der Waals surface area contributed by atoms with Crippen molar-refractivity contribution in [1.82, 2.24) is 15.3 Å². The smallest absolute Gasteiger partial charge is 0.263 e. The lowest BCUT2D eigenvalue weighted by Crippen LogP contribution is -2.24. The molecule has 0 saturated carbocycles. The van der Waals surface area contributed by atoms with E-state index in [0.29, 0.717) is 11.4 Å². The summed E-state index contributed by atoms with van der Waals surface area (Å²) in [6.45, 7) is 6.53. The van der Waals surface area contributed by atoms with Crippen LogP contribution in [0.15, 0.2) is 42.0 Å². The topological polar surface area (TPSA) is 58.1 Å². The molecule has 0 aliphatic carbocycles. The lowest BCUT2D eigenvalue weighted by atomic mass is 10.2. The summed E-state index contributed by atoms with van der Waals surface area (Å²) in [4.78, 5) is 25.0. The van der Waals surface area contributed by atoms with Crippen LogP contribution in [-0.4, -0.2) is 29.0 Å². The lowest BCUT2D eigenvalue weighted by Gasteiger charge is -2.19. The van der Waals surface area contributed by atoms with Crippen molar-refractivity contribution in [1.29, 1.82) is 0 Å². The highest BCUT2D eigenvalue weighted by atomic mass is 32.1. The molecule has 0 spiro atoms. The second-order valence-corrected chi connectivity index (χ2v) is 7.36. The van der Waals surface area contributed by atoms with Crippen molar-refractivity contribution in [2.24, 2.45) is 0 Å². The van der Waals surface area contributed by atoms with E-state index < -0.39 is 0 Å². The van der Waals surface area contributed by atoms with Crippen LogP contribution in [-0.2, 0) is 6.54 Å². The minimum absolute atomic E-state index is 0.104. The number of hydrogen-bond donors (Lipinski definition) is 1. The van der Waals surface area contributed by atoms with Gasteiger partial charge in [-0.3, -0.25) is 4.79 Å². The maximum absolute atomic E-state index is 12.3. The number of carbonyl (C=O) groups excluding carboxylic acids is 1. The molecular weight excluding hydrogens is 352 g/mol. The zero-order chi connectivity index (χ0) is 17.6. The fraction of sp³-hybridized carbons (Fsp3) is 0.278. The van der Waals surface area contributed by atoms with E-state index in [4.69, 9.17) is 0 Å². The Bertz CT molecular complexity index is 808. The van der Waals surface area contributed by atoms with E-state index in [2.05, 4.69) is 34.0 Å². The second-order valence-electron chi connectivity index (χ2n) is 5.39. The van der Waals surface area contributed by atoms with Gasteiger partial charge in [-0.2, -0.15) is 0 Å². The Labute approximate surface area is 155 Å². The first-order valence-electron chi connectivity index (χ1n) is 8.19. The molecular formula is C18H20N4OS2. The molecule has 0 radical (unpaired) electrons. The molecule has 3 rings (SSSR count). The highest BCUT2D eigenvalue weighted by Gasteiger charge is 2.12. The number of amides is 1. The van der Waals surface area contributed by atoms with Gasteiger partial charge in [-0.15, -0.1) is 22.7 Å². The molecule has 7 heteroatoms. The van der Waals surface area contributed by atoms with Crippen LogP contribution < -0.4 is 10.2 Å². The van der Waals surface area contributed by atoms with Crippen molar-refractivity contribution in [2.75, 3.05) is 18.0 Å². The Morgan fingerprint density at radius 1 is 1.16 bits per heavy atom. The fourth-order valence-corrected chi connectivity index (χ4v) is 4.05. The minimum atomic E-state index is -0.104. The predicted octanol–water partition coefficient (Wildman–Crippen LogP) is 4.04. The molecule has 0 aliphatic heterocycles. The Morgan fingerprint density at radius 3 is 2.64 bits per heavy atom. The third kappa shape index (κ3) is 4.24. The van der Waals surface area contributed by atoms with E-state index in [1.54, 1.807) is 17.5 Å². The quantitative estimate of drug-likeness (QED) is 0.680. The van der Waals surface area contributed by atoms with Gasteiger partial charge in [-0.1, -0.05) is 12.1 Å². The molecule has 1 N–H and O–H groups in total. The van der Waals surface area contributed by atoms with Crippen molar-refractivity contribution in [3.8, 4) is 9.88 Å². The number of nitrogens with zero attached hydrogens (tertiary/aromatic N) is 3. The summed E-state index contributed by atoms with van der Waals surface area (Å²) in [5, 5.41) is 5.82. The molecule has 0 unspecified atom stereocenters. The van der Waals surface area contributed by atoms with Crippen LogP contribution >= 0.6 is 22.7 Å². The Hall–Kier alpha value is -2.25. The molecule has 0 saturated heterocycles. The van der Waals surface area contributed by atoms with Crippen LogP contribution in [0, 0.1) is 0 Å². The third-order valence-electron chi connectivity index (χ3n) is 3.81. The molecule has 0 fully saturated rings. The van der Waals surface area contributed by atoms with E-state index in [-0.39, 0.29) is 5.91 Å². The lowest BCUT2D eigenvalue weighted by molar-refractivity contribution is 0.0954. The van der Waals surface area contributed by atoms with Crippen LogP contribution in [0.25, 0.3) is 9.88 Å². The SMILES string of the molecule is CCN(CC)c1ccc(CNC(=O)c2cnc(-c3cccs3)s2)cn1. The number of rotatable bonds is 7. The number of nitrogens with one attached hydrogen (secondary N) is 1. The Kier molecular flexibility index (Phi) is 5.78. The molecule has 3 heterocycles. The molecule has 1 amide bonds. The monoisotopic (exact) mass is 372 g/mol. The van der Waals surface area contributed by atoms with Crippen molar-refractivity contribution in [3.05, 3.63) is 52.5 Å². The van der Waals surface area contributed by atoms with Gasteiger partial charge >= 0.3 is 0 Å². The van der Waals surface area contributed by atoms with Crippen LogP contribution in [0.2, 0.25) is 0 Å². The molecule has 5 nitrogen and oxygen atoms in total. The van der Waals surface area contributed by atoms with Gasteiger partial charge in [-0.25, -0.2) is 9.97 Å². The average molecular weight is 373 g/mol. The highest BCUT2D eigenvalue weighted by Crippen LogP contribution is 2.28. The average Bonchev–Trinajstić information content (AvgIpc) is 3.33. The highest BCUT2D eigenvalue weighted by molar-refractivity contribution is 7.21. The number of pyridine rings is 1. The van der Waals surface area contributed by atoms with Gasteiger partial charge in [0, 0.05) is 25.8 Å². The van der Waals surface area contributed by atoms with Gasteiger partial charge in [-0.05, 0) is 36.9 Å². The summed E-state index contributed by atoms with van der Waals surface area (Å²) < 4.78 is 0. The van der Waals surface area contributed by atoms with E-state index in [1.807, 2.05) is 35.8 Å². The number of thiophene rings is 1. The van der Waals surface area contributed by atoms with Crippen molar-refractivity contribution in [3.63, 3.8) is 0 Å².